The second kappa shape index (κ2) is 3.95. The van der Waals surface area contributed by atoms with E-state index in [-0.39, 0.29) is 12.0 Å². The van der Waals surface area contributed by atoms with E-state index < -0.39 is 0 Å². The fourth-order valence-corrected chi connectivity index (χ4v) is 2.70. The van der Waals surface area contributed by atoms with Gasteiger partial charge in [-0.25, -0.2) is 0 Å². The molecule has 1 unspecified atom stereocenters. The lowest BCUT2D eigenvalue weighted by atomic mass is 9.79. The van der Waals surface area contributed by atoms with Gasteiger partial charge in [0, 0.05) is 18.6 Å². The Morgan fingerprint density at radius 1 is 1.47 bits per heavy atom. The Bertz CT molecular complexity index is 358. The maximum absolute atomic E-state index is 9.16. The van der Waals surface area contributed by atoms with Gasteiger partial charge in [0.1, 0.15) is 0 Å². The van der Waals surface area contributed by atoms with Gasteiger partial charge in [-0.2, -0.15) is 0 Å². The lowest BCUT2D eigenvalue weighted by Crippen LogP contribution is -2.33. The van der Waals surface area contributed by atoms with Gasteiger partial charge >= 0.3 is 0 Å². The van der Waals surface area contributed by atoms with Crippen LogP contribution in [-0.4, -0.2) is 18.3 Å². The van der Waals surface area contributed by atoms with Gasteiger partial charge in [-0.15, -0.1) is 0 Å². The van der Waals surface area contributed by atoms with Gasteiger partial charge in [0.2, 0.25) is 0 Å². The molecule has 15 heavy (non-hydrogen) atoms. The molecule has 0 aromatic heterocycles. The van der Waals surface area contributed by atoms with Crippen LogP contribution in [0.15, 0.2) is 18.2 Å². The van der Waals surface area contributed by atoms with E-state index in [0.29, 0.717) is 6.54 Å². The molecule has 0 aliphatic heterocycles. The zero-order valence-corrected chi connectivity index (χ0v) is 9.29. The van der Waals surface area contributed by atoms with Crippen molar-refractivity contribution < 1.29 is 5.11 Å². The van der Waals surface area contributed by atoms with Crippen LogP contribution in [0.25, 0.3) is 0 Å². The molecule has 0 saturated heterocycles. The van der Waals surface area contributed by atoms with E-state index in [9.17, 15) is 0 Å². The first kappa shape index (κ1) is 10.7. The summed E-state index contributed by atoms with van der Waals surface area (Å²) in [5, 5.41) is 9.16. The van der Waals surface area contributed by atoms with Crippen molar-refractivity contribution in [2.45, 2.75) is 31.6 Å². The Morgan fingerprint density at radius 2 is 2.27 bits per heavy atom. The summed E-state index contributed by atoms with van der Waals surface area (Å²) in [7, 11) is 0. The highest BCUT2D eigenvalue weighted by Crippen LogP contribution is 2.41. The van der Waals surface area contributed by atoms with E-state index in [1.165, 1.54) is 16.7 Å². The molecule has 0 radical (unpaired) electrons. The molecule has 0 saturated carbocycles. The van der Waals surface area contributed by atoms with Crippen LogP contribution in [0.4, 0.5) is 0 Å². The van der Waals surface area contributed by atoms with Gasteiger partial charge in [-0.1, -0.05) is 23.8 Å². The standard InChI is InChI=1S/C13H19NO/c1-10-2-3-11-4-5-13(9-14,6-7-15)12(11)8-10/h2-3,8,15H,4-7,9,14H2,1H3. The molecular weight excluding hydrogens is 186 g/mol. The Balaban J connectivity index is 2.44. The highest BCUT2D eigenvalue weighted by molar-refractivity contribution is 5.42. The first-order valence-corrected chi connectivity index (χ1v) is 5.63. The Kier molecular flexibility index (Phi) is 2.81. The first-order chi connectivity index (χ1) is 7.22. The van der Waals surface area contributed by atoms with E-state index in [1.54, 1.807) is 0 Å². The molecule has 1 atom stereocenters. The van der Waals surface area contributed by atoms with Gasteiger partial charge in [0.15, 0.2) is 0 Å². The fourth-order valence-electron chi connectivity index (χ4n) is 2.70. The third kappa shape index (κ3) is 1.68. The second-order valence-corrected chi connectivity index (χ2v) is 4.62. The largest absolute Gasteiger partial charge is 0.396 e. The van der Waals surface area contributed by atoms with Crippen molar-refractivity contribution in [2.75, 3.05) is 13.2 Å². The highest BCUT2D eigenvalue weighted by atomic mass is 16.3. The summed E-state index contributed by atoms with van der Waals surface area (Å²) in [5.41, 5.74) is 10.0. The monoisotopic (exact) mass is 205 g/mol. The molecule has 0 heterocycles. The molecule has 1 aliphatic carbocycles. The van der Waals surface area contributed by atoms with Crippen LogP contribution in [0.1, 0.15) is 29.5 Å². The quantitative estimate of drug-likeness (QED) is 0.786. The molecule has 3 N–H and O–H groups in total. The topological polar surface area (TPSA) is 46.2 Å². The number of aliphatic hydroxyl groups is 1. The molecular formula is C13H19NO. The highest BCUT2D eigenvalue weighted by Gasteiger charge is 2.36. The van der Waals surface area contributed by atoms with Crippen molar-refractivity contribution >= 4 is 0 Å². The molecule has 0 amide bonds. The Morgan fingerprint density at radius 3 is 2.93 bits per heavy atom. The lowest BCUT2D eigenvalue weighted by molar-refractivity contribution is 0.238. The van der Waals surface area contributed by atoms with Crippen molar-refractivity contribution in [3.05, 3.63) is 34.9 Å². The lowest BCUT2D eigenvalue weighted by Gasteiger charge is -2.28. The van der Waals surface area contributed by atoms with Crippen LogP contribution in [0.5, 0.6) is 0 Å². The number of nitrogens with two attached hydrogens (primary N) is 1. The summed E-state index contributed by atoms with van der Waals surface area (Å²) in [5.74, 6) is 0. The molecule has 2 rings (SSSR count). The molecule has 2 nitrogen and oxygen atoms in total. The fraction of sp³-hybridized carbons (Fsp3) is 0.538. The second-order valence-electron chi connectivity index (χ2n) is 4.62. The van der Waals surface area contributed by atoms with Gasteiger partial charge in [-0.05, 0) is 37.3 Å². The maximum Gasteiger partial charge on any atom is 0.0440 e. The van der Waals surface area contributed by atoms with E-state index in [4.69, 9.17) is 10.8 Å². The maximum atomic E-state index is 9.16. The Labute approximate surface area is 91.1 Å². The minimum atomic E-state index is 0.0378. The van der Waals surface area contributed by atoms with Gasteiger partial charge in [-0.3, -0.25) is 0 Å². The first-order valence-electron chi connectivity index (χ1n) is 5.63. The average molecular weight is 205 g/mol. The van der Waals surface area contributed by atoms with Crippen LogP contribution < -0.4 is 5.73 Å². The van der Waals surface area contributed by atoms with E-state index >= 15 is 0 Å². The van der Waals surface area contributed by atoms with Gasteiger partial charge in [0.05, 0.1) is 0 Å². The van der Waals surface area contributed by atoms with Gasteiger partial charge < -0.3 is 10.8 Å². The number of fused-ring (bicyclic) bond motifs is 1. The summed E-state index contributed by atoms with van der Waals surface area (Å²) in [4.78, 5) is 0. The third-order valence-corrected chi connectivity index (χ3v) is 3.69. The molecule has 1 aromatic carbocycles. The SMILES string of the molecule is Cc1ccc2c(c1)C(CN)(CCO)CC2. The third-order valence-electron chi connectivity index (χ3n) is 3.69. The summed E-state index contributed by atoms with van der Waals surface area (Å²) in [6, 6.07) is 6.61. The molecule has 0 bridgehead atoms. The van der Waals surface area contributed by atoms with Crippen LogP contribution in [0.3, 0.4) is 0 Å². The summed E-state index contributed by atoms with van der Waals surface area (Å²) >= 11 is 0. The van der Waals surface area contributed by atoms with E-state index in [2.05, 4.69) is 25.1 Å². The Hall–Kier alpha value is -0.860. The van der Waals surface area contributed by atoms with E-state index in [0.717, 1.165) is 19.3 Å². The summed E-state index contributed by atoms with van der Waals surface area (Å²) in [6.45, 7) is 2.98. The van der Waals surface area contributed by atoms with Crippen LogP contribution in [0.2, 0.25) is 0 Å². The van der Waals surface area contributed by atoms with Crippen molar-refractivity contribution in [1.82, 2.24) is 0 Å². The van der Waals surface area contributed by atoms with Crippen molar-refractivity contribution in [3.63, 3.8) is 0 Å². The molecule has 1 aromatic rings. The van der Waals surface area contributed by atoms with E-state index in [1.807, 2.05) is 0 Å². The zero-order valence-electron chi connectivity index (χ0n) is 9.29. The number of hydrogen-bond donors (Lipinski definition) is 2. The molecule has 82 valence electrons. The number of hydrogen-bond acceptors (Lipinski definition) is 2. The zero-order chi connectivity index (χ0) is 10.9. The van der Waals surface area contributed by atoms with Crippen molar-refractivity contribution in [2.24, 2.45) is 5.73 Å². The van der Waals surface area contributed by atoms with Crippen LogP contribution in [-0.2, 0) is 11.8 Å². The predicted octanol–water partition coefficient (Wildman–Crippen LogP) is 1.52. The van der Waals surface area contributed by atoms with Crippen molar-refractivity contribution in [3.8, 4) is 0 Å². The normalized spacial score (nSPS) is 24.2. The number of rotatable bonds is 3. The van der Waals surface area contributed by atoms with Crippen molar-refractivity contribution in [1.29, 1.82) is 0 Å². The molecule has 1 aliphatic rings. The smallest absolute Gasteiger partial charge is 0.0440 e. The number of aryl methyl sites for hydroxylation is 2. The predicted molar refractivity (Wildman–Crippen MR) is 61.9 cm³/mol. The summed E-state index contributed by atoms with van der Waals surface area (Å²) in [6.07, 6.45) is 2.98. The molecule has 0 spiro atoms. The van der Waals surface area contributed by atoms with Crippen LogP contribution >= 0.6 is 0 Å². The van der Waals surface area contributed by atoms with Crippen LogP contribution in [0, 0.1) is 6.92 Å². The minimum Gasteiger partial charge on any atom is -0.396 e. The average Bonchev–Trinajstić information content (AvgIpc) is 2.58. The minimum absolute atomic E-state index is 0.0378. The summed E-state index contributed by atoms with van der Waals surface area (Å²) < 4.78 is 0. The number of benzene rings is 1. The van der Waals surface area contributed by atoms with Gasteiger partial charge in [0.25, 0.3) is 0 Å². The molecule has 0 fully saturated rings. The number of aliphatic hydroxyl groups excluding tert-OH is 1. The molecule has 2 heteroatoms.